The number of carbonyl (C=O) groups is 1. The molecule has 1 rings (SSSR count). The molecule has 13 heavy (non-hydrogen) atoms. The molecule has 0 bridgehead atoms. The van der Waals surface area contributed by atoms with E-state index in [0.717, 1.165) is 5.56 Å². The van der Waals surface area contributed by atoms with E-state index in [0.29, 0.717) is 12.8 Å². The monoisotopic (exact) mass is 291 g/mol. The molecular weight excluding hydrogens is 281 g/mol. The lowest BCUT2D eigenvalue weighted by atomic mass is 10.1. The predicted octanol–water partition coefficient (Wildman–Crippen LogP) is 1.79. The van der Waals surface area contributed by atoms with E-state index in [4.69, 9.17) is 0 Å². The molecular formula is C9H10INO2. The minimum atomic E-state index is -0.0242. The normalized spacial score (nSPS) is 9.62. The molecule has 0 aliphatic rings. The third-order valence-electron chi connectivity index (χ3n) is 1.72. The van der Waals surface area contributed by atoms with Crippen LogP contribution in [0.15, 0.2) is 24.3 Å². The van der Waals surface area contributed by atoms with E-state index in [2.05, 4.69) is 3.53 Å². The maximum Gasteiger partial charge on any atom is 0.228 e. The molecule has 0 unspecified atom stereocenters. The number of aromatic hydroxyl groups is 1. The van der Waals surface area contributed by atoms with E-state index < -0.39 is 0 Å². The van der Waals surface area contributed by atoms with Crippen LogP contribution in [-0.2, 0) is 11.2 Å². The molecule has 0 atom stereocenters. The molecule has 1 amide bonds. The van der Waals surface area contributed by atoms with Gasteiger partial charge in [-0.25, -0.2) is 0 Å². The lowest BCUT2D eigenvalue weighted by molar-refractivity contribution is -0.118. The number of nitrogens with one attached hydrogen (secondary N) is 1. The Bertz CT molecular complexity index is 301. The summed E-state index contributed by atoms with van der Waals surface area (Å²) < 4.78 is 2.50. The van der Waals surface area contributed by atoms with Crippen molar-refractivity contribution in [2.45, 2.75) is 12.8 Å². The third kappa shape index (κ3) is 3.22. The zero-order chi connectivity index (χ0) is 9.68. The fourth-order valence-corrected chi connectivity index (χ4v) is 1.29. The molecule has 0 heterocycles. The highest BCUT2D eigenvalue weighted by Gasteiger charge is 2.02. The fourth-order valence-electron chi connectivity index (χ4n) is 1.02. The number of phenols is 1. The SMILES string of the molecule is O=C(CCc1ccccc1O)NI. The van der Waals surface area contributed by atoms with Crippen molar-refractivity contribution >= 4 is 28.8 Å². The number of benzene rings is 1. The van der Waals surface area contributed by atoms with Crippen LogP contribution < -0.4 is 3.53 Å². The molecule has 0 spiro atoms. The molecule has 1 aromatic rings. The Morgan fingerprint density at radius 1 is 1.46 bits per heavy atom. The molecule has 0 fully saturated rings. The first kappa shape index (κ1) is 10.3. The van der Waals surface area contributed by atoms with Crippen LogP contribution in [0.1, 0.15) is 12.0 Å². The number of para-hydroxylation sites is 1. The van der Waals surface area contributed by atoms with Gasteiger partial charge in [-0.1, -0.05) is 18.2 Å². The largest absolute Gasteiger partial charge is 0.508 e. The number of aryl methyl sites for hydroxylation is 1. The summed E-state index contributed by atoms with van der Waals surface area (Å²) in [6.07, 6.45) is 0.974. The molecule has 0 radical (unpaired) electrons. The highest BCUT2D eigenvalue weighted by Crippen LogP contribution is 2.16. The summed E-state index contributed by atoms with van der Waals surface area (Å²) in [4.78, 5) is 10.9. The Kier molecular flexibility index (Phi) is 4.01. The van der Waals surface area contributed by atoms with E-state index in [1.807, 2.05) is 12.1 Å². The summed E-state index contributed by atoms with van der Waals surface area (Å²) in [7, 11) is 0. The molecule has 70 valence electrons. The molecule has 3 nitrogen and oxygen atoms in total. The fraction of sp³-hybridized carbons (Fsp3) is 0.222. The van der Waals surface area contributed by atoms with Gasteiger partial charge in [0.05, 0.1) is 22.9 Å². The predicted molar refractivity (Wildman–Crippen MR) is 58.6 cm³/mol. The van der Waals surface area contributed by atoms with Gasteiger partial charge < -0.3 is 5.11 Å². The van der Waals surface area contributed by atoms with Gasteiger partial charge in [0.25, 0.3) is 0 Å². The summed E-state index contributed by atoms with van der Waals surface area (Å²) in [6.45, 7) is 0. The van der Waals surface area contributed by atoms with E-state index in [1.54, 1.807) is 35.0 Å². The van der Waals surface area contributed by atoms with Crippen molar-refractivity contribution in [3.8, 4) is 5.75 Å². The smallest absolute Gasteiger partial charge is 0.228 e. The van der Waals surface area contributed by atoms with Gasteiger partial charge in [0.1, 0.15) is 5.75 Å². The Morgan fingerprint density at radius 2 is 2.15 bits per heavy atom. The lowest BCUT2D eigenvalue weighted by Gasteiger charge is -2.02. The molecule has 0 saturated heterocycles. The second-order valence-electron chi connectivity index (χ2n) is 2.65. The van der Waals surface area contributed by atoms with Crippen LogP contribution in [0.2, 0.25) is 0 Å². The molecule has 0 aliphatic carbocycles. The number of carbonyl (C=O) groups excluding carboxylic acids is 1. The van der Waals surface area contributed by atoms with Crippen molar-refractivity contribution in [3.63, 3.8) is 0 Å². The summed E-state index contributed by atoms with van der Waals surface area (Å²) in [5.74, 6) is 0.229. The zero-order valence-electron chi connectivity index (χ0n) is 6.96. The van der Waals surface area contributed by atoms with Gasteiger partial charge in [0.2, 0.25) is 5.91 Å². The van der Waals surface area contributed by atoms with Crippen molar-refractivity contribution in [1.82, 2.24) is 3.53 Å². The van der Waals surface area contributed by atoms with Crippen LogP contribution >= 0.6 is 22.9 Å². The zero-order valence-corrected chi connectivity index (χ0v) is 9.11. The lowest BCUT2D eigenvalue weighted by Crippen LogP contribution is -2.11. The summed E-state index contributed by atoms with van der Waals surface area (Å²) in [5.41, 5.74) is 0.808. The first-order chi connectivity index (χ1) is 6.24. The van der Waals surface area contributed by atoms with Crippen LogP contribution in [0, 0.1) is 0 Å². The summed E-state index contributed by atoms with van der Waals surface area (Å²) >= 11 is 1.80. The number of hydrogen-bond acceptors (Lipinski definition) is 2. The third-order valence-corrected chi connectivity index (χ3v) is 2.32. The van der Waals surface area contributed by atoms with Crippen molar-refractivity contribution in [1.29, 1.82) is 0 Å². The Hall–Kier alpha value is -0.780. The standard InChI is InChI=1S/C9H10INO2/c10-11-9(13)6-5-7-3-1-2-4-8(7)12/h1-4,12H,5-6H2,(H,11,13). The van der Waals surface area contributed by atoms with E-state index in [1.165, 1.54) is 0 Å². The topological polar surface area (TPSA) is 49.3 Å². The van der Waals surface area contributed by atoms with Crippen LogP contribution in [0.3, 0.4) is 0 Å². The number of halogens is 1. The highest BCUT2D eigenvalue weighted by molar-refractivity contribution is 14.1. The van der Waals surface area contributed by atoms with Gasteiger partial charge in [0.15, 0.2) is 0 Å². The molecule has 4 heteroatoms. The van der Waals surface area contributed by atoms with E-state index in [9.17, 15) is 9.90 Å². The Morgan fingerprint density at radius 3 is 2.77 bits per heavy atom. The number of phenolic OH excluding ortho intramolecular Hbond substituents is 1. The van der Waals surface area contributed by atoms with Gasteiger partial charge in [0, 0.05) is 6.42 Å². The van der Waals surface area contributed by atoms with Gasteiger partial charge in [-0.15, -0.1) is 0 Å². The van der Waals surface area contributed by atoms with Crippen molar-refractivity contribution < 1.29 is 9.90 Å². The number of amides is 1. The minimum absolute atomic E-state index is 0.0242. The first-order valence-corrected chi connectivity index (χ1v) is 4.98. The quantitative estimate of drug-likeness (QED) is 0.659. The first-order valence-electron chi connectivity index (χ1n) is 3.90. The van der Waals surface area contributed by atoms with Gasteiger partial charge >= 0.3 is 0 Å². The van der Waals surface area contributed by atoms with Crippen LogP contribution in [0.5, 0.6) is 5.75 Å². The van der Waals surface area contributed by atoms with Crippen LogP contribution in [0.25, 0.3) is 0 Å². The maximum atomic E-state index is 10.9. The van der Waals surface area contributed by atoms with Crippen molar-refractivity contribution in [3.05, 3.63) is 29.8 Å². The van der Waals surface area contributed by atoms with E-state index in [-0.39, 0.29) is 11.7 Å². The molecule has 0 aliphatic heterocycles. The van der Waals surface area contributed by atoms with Crippen molar-refractivity contribution in [2.75, 3.05) is 0 Å². The van der Waals surface area contributed by atoms with Crippen LogP contribution in [-0.4, -0.2) is 11.0 Å². The minimum Gasteiger partial charge on any atom is -0.508 e. The number of rotatable bonds is 3. The van der Waals surface area contributed by atoms with E-state index >= 15 is 0 Å². The average Bonchev–Trinajstić information content (AvgIpc) is 2.16. The maximum absolute atomic E-state index is 10.9. The van der Waals surface area contributed by atoms with Gasteiger partial charge in [-0.3, -0.25) is 8.32 Å². The highest BCUT2D eigenvalue weighted by atomic mass is 127. The van der Waals surface area contributed by atoms with Crippen molar-refractivity contribution in [2.24, 2.45) is 0 Å². The second kappa shape index (κ2) is 5.06. The molecule has 0 saturated carbocycles. The van der Waals surface area contributed by atoms with Gasteiger partial charge in [-0.2, -0.15) is 0 Å². The average molecular weight is 291 g/mol. The molecule has 2 N–H and O–H groups in total. The summed E-state index contributed by atoms with van der Waals surface area (Å²) in [6, 6.07) is 7.04. The number of hydrogen-bond donors (Lipinski definition) is 2. The van der Waals surface area contributed by atoms with Crippen LogP contribution in [0.4, 0.5) is 0 Å². The second-order valence-corrected chi connectivity index (χ2v) is 3.19. The molecule has 0 aromatic heterocycles. The molecule has 1 aromatic carbocycles. The van der Waals surface area contributed by atoms with Gasteiger partial charge in [-0.05, 0) is 18.1 Å². The summed E-state index contributed by atoms with van der Waals surface area (Å²) in [5, 5.41) is 9.36. The Labute approximate surface area is 90.7 Å². The Balaban J connectivity index is 2.54.